The van der Waals surface area contributed by atoms with Gasteiger partial charge >= 0.3 is 0 Å². The van der Waals surface area contributed by atoms with Crippen molar-refractivity contribution in [2.75, 3.05) is 6.54 Å². The Labute approximate surface area is 126 Å². The van der Waals surface area contributed by atoms with Crippen LogP contribution < -0.4 is 5.73 Å². The third-order valence-corrected chi connectivity index (χ3v) is 6.52. The van der Waals surface area contributed by atoms with Crippen molar-refractivity contribution in [3.63, 3.8) is 0 Å². The average molecular weight is 296 g/mol. The number of rotatable bonds is 5. The molecule has 5 heteroatoms. The summed E-state index contributed by atoms with van der Waals surface area (Å²) in [5.41, 5.74) is 6.73. The molecule has 0 aliphatic heterocycles. The standard InChI is InChI=1S/C16H28N2O3/c1-12(21-18(19)20)16-9-13(2)6-14(3,10-16)8-15(7-13,11-16)4-5-17/h12H,4-11,17H2,1-3H3. The molecule has 3 unspecified atom stereocenters. The Kier molecular flexibility index (Phi) is 3.11. The lowest BCUT2D eigenvalue weighted by Crippen LogP contribution is -2.63. The lowest BCUT2D eigenvalue weighted by molar-refractivity contribution is -0.772. The summed E-state index contributed by atoms with van der Waals surface area (Å²) in [5, 5.41) is 10.2. The average Bonchev–Trinajstić information content (AvgIpc) is 2.22. The molecule has 0 spiro atoms. The van der Waals surface area contributed by atoms with Gasteiger partial charge in [0, 0.05) is 0 Å². The number of nitrogens with two attached hydrogens (primary N) is 1. The van der Waals surface area contributed by atoms with Crippen molar-refractivity contribution in [1.29, 1.82) is 0 Å². The van der Waals surface area contributed by atoms with Crippen molar-refractivity contribution >= 4 is 0 Å². The van der Waals surface area contributed by atoms with Gasteiger partial charge in [0.25, 0.3) is 5.09 Å². The third kappa shape index (κ3) is 2.33. The van der Waals surface area contributed by atoms with Gasteiger partial charge in [-0.1, -0.05) is 13.8 Å². The van der Waals surface area contributed by atoms with Gasteiger partial charge in [-0.15, -0.1) is 10.1 Å². The first-order valence-corrected chi connectivity index (χ1v) is 8.15. The Morgan fingerprint density at radius 2 is 1.71 bits per heavy atom. The van der Waals surface area contributed by atoms with Crippen LogP contribution in [0.15, 0.2) is 0 Å². The van der Waals surface area contributed by atoms with Gasteiger partial charge in [0.2, 0.25) is 0 Å². The van der Waals surface area contributed by atoms with Crippen LogP contribution >= 0.6 is 0 Å². The zero-order chi connectivity index (χ0) is 15.5. The molecule has 4 rings (SSSR count). The van der Waals surface area contributed by atoms with Crippen molar-refractivity contribution in [3.05, 3.63) is 10.1 Å². The van der Waals surface area contributed by atoms with Crippen LogP contribution in [0.2, 0.25) is 0 Å². The Hall–Kier alpha value is -0.840. The van der Waals surface area contributed by atoms with Crippen molar-refractivity contribution in [2.45, 2.75) is 71.8 Å². The van der Waals surface area contributed by atoms with E-state index < -0.39 is 5.09 Å². The Morgan fingerprint density at radius 1 is 1.14 bits per heavy atom. The van der Waals surface area contributed by atoms with Crippen molar-refractivity contribution < 1.29 is 9.92 Å². The summed E-state index contributed by atoms with van der Waals surface area (Å²) >= 11 is 0. The van der Waals surface area contributed by atoms with Gasteiger partial charge in [-0.3, -0.25) is 0 Å². The third-order valence-electron chi connectivity index (χ3n) is 6.52. The molecule has 4 fully saturated rings. The fraction of sp³-hybridized carbons (Fsp3) is 1.00. The van der Waals surface area contributed by atoms with E-state index in [-0.39, 0.29) is 16.9 Å². The SMILES string of the molecule is CC(O[N+](=O)[O-])C12CC3(C)CC(C)(CC(CCN)(C3)C1)C2. The molecule has 21 heavy (non-hydrogen) atoms. The van der Waals surface area contributed by atoms with E-state index in [4.69, 9.17) is 10.6 Å². The van der Waals surface area contributed by atoms with Gasteiger partial charge < -0.3 is 10.6 Å². The molecule has 4 aliphatic carbocycles. The summed E-state index contributed by atoms with van der Waals surface area (Å²) in [5.74, 6) is 0. The molecule has 0 saturated heterocycles. The second-order valence-electron chi connectivity index (χ2n) is 9.05. The molecular formula is C16H28N2O3. The van der Waals surface area contributed by atoms with Gasteiger partial charge in [-0.05, 0) is 80.1 Å². The highest BCUT2D eigenvalue weighted by Gasteiger charge is 2.66. The summed E-state index contributed by atoms with van der Waals surface area (Å²) in [7, 11) is 0. The molecule has 0 heterocycles. The lowest BCUT2D eigenvalue weighted by Gasteiger charge is -2.70. The minimum Gasteiger partial charge on any atom is -0.330 e. The second-order valence-corrected chi connectivity index (χ2v) is 9.05. The molecular weight excluding hydrogens is 268 g/mol. The highest BCUT2D eigenvalue weighted by molar-refractivity contribution is 5.16. The van der Waals surface area contributed by atoms with E-state index in [1.165, 1.54) is 19.3 Å². The van der Waals surface area contributed by atoms with Crippen LogP contribution in [-0.4, -0.2) is 17.7 Å². The van der Waals surface area contributed by atoms with Crippen LogP contribution in [0.3, 0.4) is 0 Å². The maximum atomic E-state index is 10.8. The van der Waals surface area contributed by atoms with Gasteiger partial charge in [0.05, 0.1) is 0 Å². The van der Waals surface area contributed by atoms with Crippen LogP contribution in [0.5, 0.6) is 0 Å². The van der Waals surface area contributed by atoms with Gasteiger partial charge in [0.1, 0.15) is 6.10 Å². The van der Waals surface area contributed by atoms with E-state index in [1.807, 2.05) is 6.92 Å². The van der Waals surface area contributed by atoms with E-state index >= 15 is 0 Å². The molecule has 0 radical (unpaired) electrons. The molecule has 4 bridgehead atoms. The molecule has 4 aliphatic rings. The number of hydrogen-bond donors (Lipinski definition) is 1. The maximum absolute atomic E-state index is 10.8. The van der Waals surface area contributed by atoms with Crippen LogP contribution in [-0.2, 0) is 4.84 Å². The monoisotopic (exact) mass is 296 g/mol. The minimum atomic E-state index is -0.608. The van der Waals surface area contributed by atoms with E-state index in [1.54, 1.807) is 0 Å². The fourth-order valence-corrected chi connectivity index (χ4v) is 7.28. The zero-order valence-corrected chi connectivity index (χ0v) is 13.5. The van der Waals surface area contributed by atoms with Crippen molar-refractivity contribution in [1.82, 2.24) is 0 Å². The molecule has 2 N–H and O–H groups in total. The van der Waals surface area contributed by atoms with Gasteiger partial charge in [0.15, 0.2) is 0 Å². The summed E-state index contributed by atoms with van der Waals surface area (Å²) in [6, 6.07) is 0. The van der Waals surface area contributed by atoms with E-state index in [9.17, 15) is 10.1 Å². The van der Waals surface area contributed by atoms with Crippen LogP contribution in [0.1, 0.15) is 65.7 Å². The first-order valence-electron chi connectivity index (χ1n) is 8.15. The molecule has 0 aromatic heterocycles. The normalized spacial score (nSPS) is 49.1. The van der Waals surface area contributed by atoms with Crippen LogP contribution in [0, 0.1) is 31.8 Å². The number of hydrogen-bond acceptors (Lipinski definition) is 4. The van der Waals surface area contributed by atoms with Gasteiger partial charge in [-0.25, -0.2) is 0 Å². The summed E-state index contributed by atoms with van der Waals surface area (Å²) < 4.78 is 0. The largest absolute Gasteiger partial charge is 0.330 e. The van der Waals surface area contributed by atoms with E-state index in [2.05, 4.69) is 13.8 Å². The van der Waals surface area contributed by atoms with Crippen molar-refractivity contribution in [2.24, 2.45) is 27.4 Å². The Balaban J connectivity index is 1.97. The van der Waals surface area contributed by atoms with E-state index in [0.717, 1.165) is 25.7 Å². The Morgan fingerprint density at radius 3 is 2.19 bits per heavy atom. The maximum Gasteiger partial charge on any atom is 0.294 e. The minimum absolute atomic E-state index is 0.0412. The molecule has 3 atom stereocenters. The number of nitrogens with zero attached hydrogens (tertiary/aromatic N) is 1. The molecule has 120 valence electrons. The van der Waals surface area contributed by atoms with Gasteiger partial charge in [-0.2, -0.15) is 0 Å². The smallest absolute Gasteiger partial charge is 0.294 e. The highest BCUT2D eigenvalue weighted by atomic mass is 17.0. The van der Waals surface area contributed by atoms with E-state index in [0.29, 0.717) is 17.4 Å². The lowest BCUT2D eigenvalue weighted by atomic mass is 9.35. The highest BCUT2D eigenvalue weighted by Crippen LogP contribution is 2.75. The predicted molar refractivity (Wildman–Crippen MR) is 80.0 cm³/mol. The topological polar surface area (TPSA) is 78.4 Å². The van der Waals surface area contributed by atoms with Crippen molar-refractivity contribution in [3.8, 4) is 0 Å². The molecule has 0 amide bonds. The van der Waals surface area contributed by atoms with Crippen LogP contribution in [0.25, 0.3) is 0 Å². The molecule has 0 aromatic rings. The first kappa shape index (κ1) is 15.1. The van der Waals surface area contributed by atoms with Crippen LogP contribution in [0.4, 0.5) is 0 Å². The fourth-order valence-electron chi connectivity index (χ4n) is 7.28. The summed E-state index contributed by atoms with van der Waals surface area (Å²) in [6.07, 6.45) is 7.64. The molecule has 4 saturated carbocycles. The Bertz CT molecular complexity index is 446. The first-order chi connectivity index (χ1) is 9.64. The summed E-state index contributed by atoms with van der Waals surface area (Å²) in [6.45, 7) is 7.37. The zero-order valence-electron chi connectivity index (χ0n) is 13.5. The summed E-state index contributed by atoms with van der Waals surface area (Å²) in [4.78, 5) is 15.9. The predicted octanol–water partition coefficient (Wildman–Crippen LogP) is 3.30. The quantitative estimate of drug-likeness (QED) is 0.623. The molecule has 0 aromatic carbocycles. The second kappa shape index (κ2) is 4.34. The molecule has 5 nitrogen and oxygen atoms in total.